The Morgan fingerprint density at radius 3 is 2.40 bits per heavy atom. The number of nitrogens with one attached hydrogen (secondary N) is 1. The summed E-state index contributed by atoms with van der Waals surface area (Å²) in [6.07, 6.45) is 0.884. The van der Waals surface area contributed by atoms with Crippen molar-refractivity contribution in [1.29, 1.82) is 0 Å². The fourth-order valence-electron chi connectivity index (χ4n) is 1.98. The zero-order valence-electron chi connectivity index (χ0n) is 12.1. The fraction of sp³-hybridized carbons (Fsp3) is 0.467. The largest absolute Gasteiger partial charge is 0.358 e. The van der Waals surface area contributed by atoms with Crippen LogP contribution in [0.5, 0.6) is 0 Å². The van der Waals surface area contributed by atoms with Crippen molar-refractivity contribution in [2.24, 2.45) is 0 Å². The van der Waals surface area contributed by atoms with E-state index in [2.05, 4.69) is 5.32 Å². The van der Waals surface area contributed by atoms with Crippen LogP contribution in [-0.4, -0.2) is 42.8 Å². The number of halogens is 1. The van der Waals surface area contributed by atoms with Crippen molar-refractivity contribution in [1.82, 2.24) is 10.2 Å². The number of ketones is 1. The Balaban J connectivity index is 2.82. The van der Waals surface area contributed by atoms with Crippen molar-refractivity contribution in [3.05, 3.63) is 34.9 Å². The zero-order valence-corrected chi connectivity index (χ0v) is 12.9. The summed E-state index contributed by atoms with van der Waals surface area (Å²) in [6, 6.07) is 6.49. The van der Waals surface area contributed by atoms with Crippen LogP contribution < -0.4 is 5.32 Å². The van der Waals surface area contributed by atoms with Crippen LogP contribution in [0.25, 0.3) is 0 Å². The summed E-state index contributed by atoms with van der Waals surface area (Å²) in [6.45, 7) is 4.78. The van der Waals surface area contributed by atoms with Crippen LogP contribution in [0.3, 0.4) is 0 Å². The molecular weight excluding hydrogens is 276 g/mol. The van der Waals surface area contributed by atoms with E-state index in [0.29, 0.717) is 17.1 Å². The molecule has 0 heterocycles. The second-order valence-electron chi connectivity index (χ2n) is 4.69. The highest BCUT2D eigenvalue weighted by Crippen LogP contribution is 2.13. The van der Waals surface area contributed by atoms with Gasteiger partial charge in [0, 0.05) is 17.6 Å². The van der Waals surface area contributed by atoms with Crippen LogP contribution in [0.2, 0.25) is 5.02 Å². The summed E-state index contributed by atoms with van der Waals surface area (Å²) >= 11 is 5.82. The van der Waals surface area contributed by atoms with E-state index in [1.54, 1.807) is 31.3 Å². The van der Waals surface area contributed by atoms with Crippen molar-refractivity contribution in [3.8, 4) is 0 Å². The highest BCUT2D eigenvalue weighted by molar-refractivity contribution is 6.30. The Labute approximate surface area is 125 Å². The second kappa shape index (κ2) is 8.02. The summed E-state index contributed by atoms with van der Waals surface area (Å²) in [4.78, 5) is 25.8. The van der Waals surface area contributed by atoms with Gasteiger partial charge in [-0.05, 0) is 44.2 Å². The average Bonchev–Trinajstić information content (AvgIpc) is 2.46. The number of likely N-dealkylation sites (N-methyl/N-ethyl adjacent to an activating group) is 1. The highest BCUT2D eigenvalue weighted by atomic mass is 35.5. The Kier molecular flexibility index (Phi) is 6.68. The Morgan fingerprint density at radius 1 is 1.30 bits per heavy atom. The lowest BCUT2D eigenvalue weighted by Crippen LogP contribution is -2.45. The maximum atomic E-state index is 12.4. The van der Waals surface area contributed by atoms with E-state index in [-0.39, 0.29) is 24.3 Å². The molecule has 0 aliphatic carbocycles. The van der Waals surface area contributed by atoms with E-state index >= 15 is 0 Å². The lowest BCUT2D eigenvalue weighted by atomic mass is 10.0. The third-order valence-corrected chi connectivity index (χ3v) is 3.44. The van der Waals surface area contributed by atoms with Crippen LogP contribution in [0.15, 0.2) is 24.3 Å². The number of benzene rings is 1. The minimum Gasteiger partial charge on any atom is -0.358 e. The second-order valence-corrected chi connectivity index (χ2v) is 5.13. The van der Waals surface area contributed by atoms with Gasteiger partial charge in [-0.25, -0.2) is 0 Å². The number of rotatable bonds is 7. The van der Waals surface area contributed by atoms with Gasteiger partial charge in [-0.3, -0.25) is 14.5 Å². The molecule has 1 atom stereocenters. The molecule has 1 amide bonds. The predicted octanol–water partition coefficient (Wildman–Crippen LogP) is 2.37. The molecule has 1 N–H and O–H groups in total. The smallest absolute Gasteiger partial charge is 0.233 e. The van der Waals surface area contributed by atoms with Crippen LogP contribution >= 0.6 is 11.6 Å². The van der Waals surface area contributed by atoms with E-state index in [1.165, 1.54) is 0 Å². The van der Waals surface area contributed by atoms with Crippen LogP contribution in [0.4, 0.5) is 0 Å². The molecule has 1 aromatic rings. The molecule has 1 aromatic carbocycles. The Hall–Kier alpha value is -1.39. The summed E-state index contributed by atoms with van der Waals surface area (Å²) < 4.78 is 0. The molecule has 110 valence electrons. The maximum absolute atomic E-state index is 12.4. The Morgan fingerprint density at radius 2 is 1.90 bits per heavy atom. The normalized spacial score (nSPS) is 12.2. The number of hydrogen-bond donors (Lipinski definition) is 1. The summed E-state index contributed by atoms with van der Waals surface area (Å²) in [5.41, 5.74) is 0.611. The molecule has 0 aromatic heterocycles. The van der Waals surface area contributed by atoms with Gasteiger partial charge >= 0.3 is 0 Å². The van der Waals surface area contributed by atoms with Gasteiger partial charge in [0.1, 0.15) is 0 Å². The molecule has 1 unspecified atom stereocenters. The number of amides is 1. The maximum Gasteiger partial charge on any atom is 0.233 e. The lowest BCUT2D eigenvalue weighted by Gasteiger charge is -2.26. The molecule has 0 spiro atoms. The SMILES string of the molecule is CCCN(CC(=O)NC)C(C)C(=O)c1ccc(Cl)cc1. The third-order valence-electron chi connectivity index (χ3n) is 3.19. The average molecular weight is 297 g/mol. The molecule has 0 saturated carbocycles. The van der Waals surface area contributed by atoms with Crippen LogP contribution in [0, 0.1) is 0 Å². The van der Waals surface area contributed by atoms with E-state index in [1.807, 2.05) is 18.7 Å². The van der Waals surface area contributed by atoms with E-state index < -0.39 is 0 Å². The molecule has 1 rings (SSSR count). The van der Waals surface area contributed by atoms with Crippen LogP contribution in [-0.2, 0) is 4.79 Å². The van der Waals surface area contributed by atoms with Gasteiger partial charge in [0.25, 0.3) is 0 Å². The van der Waals surface area contributed by atoms with Gasteiger partial charge in [0.2, 0.25) is 5.91 Å². The molecule has 0 saturated heterocycles. The van der Waals surface area contributed by atoms with Crippen molar-refractivity contribution < 1.29 is 9.59 Å². The molecule has 5 heteroatoms. The molecular formula is C15H21ClN2O2. The van der Waals surface area contributed by atoms with E-state index in [0.717, 1.165) is 6.42 Å². The minimum atomic E-state index is -0.339. The minimum absolute atomic E-state index is 0.000908. The first-order valence-corrected chi connectivity index (χ1v) is 7.11. The van der Waals surface area contributed by atoms with Crippen molar-refractivity contribution >= 4 is 23.3 Å². The quantitative estimate of drug-likeness (QED) is 0.786. The van der Waals surface area contributed by atoms with E-state index in [4.69, 9.17) is 11.6 Å². The van der Waals surface area contributed by atoms with Crippen molar-refractivity contribution in [2.45, 2.75) is 26.3 Å². The number of Topliss-reactive ketones (excluding diaryl/α,β-unsaturated/α-hetero) is 1. The molecule has 0 radical (unpaired) electrons. The van der Waals surface area contributed by atoms with Gasteiger partial charge < -0.3 is 5.32 Å². The Bertz CT molecular complexity index is 459. The summed E-state index contributed by atoms with van der Waals surface area (Å²) in [7, 11) is 1.60. The van der Waals surface area contributed by atoms with Gasteiger partial charge in [-0.1, -0.05) is 18.5 Å². The number of hydrogen-bond acceptors (Lipinski definition) is 3. The van der Waals surface area contributed by atoms with Gasteiger partial charge in [0.15, 0.2) is 5.78 Å². The first-order valence-electron chi connectivity index (χ1n) is 6.74. The van der Waals surface area contributed by atoms with Crippen molar-refractivity contribution in [3.63, 3.8) is 0 Å². The summed E-state index contributed by atoms with van der Waals surface area (Å²) in [5.74, 6) is -0.0896. The standard InChI is InChI=1S/C15H21ClN2O2/c1-4-9-18(10-14(19)17-3)11(2)15(20)12-5-7-13(16)8-6-12/h5-8,11H,4,9-10H2,1-3H3,(H,17,19). The lowest BCUT2D eigenvalue weighted by molar-refractivity contribution is -0.122. The first kappa shape index (κ1) is 16.7. The predicted molar refractivity (Wildman–Crippen MR) is 81.2 cm³/mol. The highest BCUT2D eigenvalue weighted by Gasteiger charge is 2.23. The molecule has 0 bridgehead atoms. The molecule has 0 fully saturated rings. The first-order chi connectivity index (χ1) is 9.49. The molecule has 20 heavy (non-hydrogen) atoms. The molecule has 4 nitrogen and oxygen atoms in total. The molecule has 0 aliphatic heterocycles. The number of carbonyl (C=O) groups excluding carboxylic acids is 2. The number of nitrogens with zero attached hydrogens (tertiary/aromatic N) is 1. The van der Waals surface area contributed by atoms with Crippen molar-refractivity contribution in [2.75, 3.05) is 20.1 Å². The van der Waals surface area contributed by atoms with E-state index in [9.17, 15) is 9.59 Å². The monoisotopic (exact) mass is 296 g/mol. The number of carbonyl (C=O) groups is 2. The molecule has 0 aliphatic rings. The van der Waals surface area contributed by atoms with Gasteiger partial charge in [-0.2, -0.15) is 0 Å². The van der Waals surface area contributed by atoms with Crippen LogP contribution in [0.1, 0.15) is 30.6 Å². The third kappa shape index (κ3) is 4.62. The van der Waals surface area contributed by atoms with Gasteiger partial charge in [-0.15, -0.1) is 0 Å². The van der Waals surface area contributed by atoms with Gasteiger partial charge in [0.05, 0.1) is 12.6 Å². The fourth-order valence-corrected chi connectivity index (χ4v) is 2.11. The topological polar surface area (TPSA) is 49.4 Å². The zero-order chi connectivity index (χ0) is 15.1. The summed E-state index contributed by atoms with van der Waals surface area (Å²) in [5, 5.41) is 3.19.